The zero-order chi connectivity index (χ0) is 14.0. The summed E-state index contributed by atoms with van der Waals surface area (Å²) in [5, 5.41) is 2.39. The Morgan fingerprint density at radius 1 is 1.32 bits per heavy atom. The number of carbonyl (C=O) groups excluding carboxylic acids is 2. The molecule has 2 unspecified atom stereocenters. The van der Waals surface area contributed by atoms with E-state index in [1.165, 1.54) is 12.1 Å². The summed E-state index contributed by atoms with van der Waals surface area (Å²) in [6.45, 7) is 3.91. The number of piperidine rings is 1. The fourth-order valence-corrected chi connectivity index (χ4v) is 3.01. The van der Waals surface area contributed by atoms with Crippen LogP contribution in [-0.2, 0) is 16.0 Å². The number of hydrogen-bond donors (Lipinski definition) is 1. The lowest BCUT2D eigenvalue weighted by molar-refractivity contribution is -0.143. The Bertz CT molecular complexity index is 497. The average Bonchev–Trinajstić information content (AvgIpc) is 2.31. The van der Waals surface area contributed by atoms with E-state index < -0.39 is 5.41 Å². The van der Waals surface area contributed by atoms with Crippen LogP contribution in [-0.4, -0.2) is 11.8 Å². The molecule has 0 aliphatic carbocycles. The van der Waals surface area contributed by atoms with Crippen molar-refractivity contribution in [2.24, 2.45) is 11.3 Å². The highest BCUT2D eigenvalue weighted by Gasteiger charge is 2.43. The van der Waals surface area contributed by atoms with E-state index >= 15 is 0 Å². The van der Waals surface area contributed by atoms with Gasteiger partial charge in [-0.3, -0.25) is 14.9 Å². The van der Waals surface area contributed by atoms with Crippen molar-refractivity contribution in [2.75, 3.05) is 0 Å². The van der Waals surface area contributed by atoms with Crippen molar-refractivity contribution in [1.82, 2.24) is 5.32 Å². The normalized spacial score (nSPS) is 27.2. The van der Waals surface area contributed by atoms with Gasteiger partial charge in [-0.2, -0.15) is 0 Å². The summed E-state index contributed by atoms with van der Waals surface area (Å²) in [5.74, 6) is -0.878. The molecule has 0 bridgehead atoms. The largest absolute Gasteiger partial charge is 0.296 e. The predicted molar refractivity (Wildman–Crippen MR) is 69.8 cm³/mol. The van der Waals surface area contributed by atoms with Gasteiger partial charge < -0.3 is 0 Å². The van der Waals surface area contributed by atoms with Crippen molar-refractivity contribution in [3.05, 3.63) is 35.6 Å². The first-order valence-corrected chi connectivity index (χ1v) is 6.53. The van der Waals surface area contributed by atoms with Crippen LogP contribution in [0.3, 0.4) is 0 Å². The molecule has 1 aromatic carbocycles. The molecule has 0 radical (unpaired) electrons. The molecule has 0 aromatic heterocycles. The molecule has 0 spiro atoms. The number of carbonyl (C=O) groups is 2. The number of benzene rings is 1. The third-order valence-corrected chi connectivity index (χ3v) is 3.91. The van der Waals surface area contributed by atoms with E-state index in [1.807, 2.05) is 13.8 Å². The van der Waals surface area contributed by atoms with Crippen LogP contribution in [0.5, 0.6) is 0 Å². The quantitative estimate of drug-likeness (QED) is 0.851. The lowest BCUT2D eigenvalue weighted by atomic mass is 9.67. The predicted octanol–water partition coefficient (Wildman–Crippen LogP) is 2.45. The summed E-state index contributed by atoms with van der Waals surface area (Å²) in [7, 11) is 0. The second kappa shape index (κ2) is 5.11. The molecule has 1 aliphatic heterocycles. The van der Waals surface area contributed by atoms with Crippen LogP contribution in [0.25, 0.3) is 0 Å². The maximum Gasteiger partial charge on any atom is 0.230 e. The van der Waals surface area contributed by atoms with E-state index in [0.717, 1.165) is 5.56 Å². The molecule has 2 rings (SSSR count). The molecule has 19 heavy (non-hydrogen) atoms. The monoisotopic (exact) mass is 263 g/mol. The summed E-state index contributed by atoms with van der Waals surface area (Å²) in [4.78, 5) is 23.5. The molecule has 1 heterocycles. The molecule has 2 amide bonds. The van der Waals surface area contributed by atoms with Crippen molar-refractivity contribution in [3.8, 4) is 0 Å². The summed E-state index contributed by atoms with van der Waals surface area (Å²) < 4.78 is 12.9. The van der Waals surface area contributed by atoms with Gasteiger partial charge in [-0.05, 0) is 36.0 Å². The first-order chi connectivity index (χ1) is 8.94. The third-order valence-electron chi connectivity index (χ3n) is 3.91. The van der Waals surface area contributed by atoms with Gasteiger partial charge >= 0.3 is 0 Å². The molecular weight excluding hydrogens is 245 g/mol. The van der Waals surface area contributed by atoms with Crippen LogP contribution in [0.15, 0.2) is 24.3 Å². The van der Waals surface area contributed by atoms with Gasteiger partial charge in [0, 0.05) is 12.3 Å². The van der Waals surface area contributed by atoms with Gasteiger partial charge in [0.2, 0.25) is 11.8 Å². The van der Waals surface area contributed by atoms with Crippen LogP contribution >= 0.6 is 0 Å². The maximum atomic E-state index is 12.9. The van der Waals surface area contributed by atoms with E-state index in [0.29, 0.717) is 19.3 Å². The number of nitrogens with one attached hydrogen (secondary N) is 1. The Morgan fingerprint density at radius 3 is 2.53 bits per heavy atom. The van der Waals surface area contributed by atoms with Crippen LogP contribution in [0.2, 0.25) is 0 Å². The molecule has 2 atom stereocenters. The standard InChI is InChI=1S/C15H18FNO2/c1-3-12-14(19)17-13(18)9-15(12,2)8-10-4-6-11(16)7-5-10/h4-7,12H,3,8-9H2,1-2H3,(H,17,18,19). The van der Waals surface area contributed by atoms with Crippen LogP contribution < -0.4 is 5.32 Å². The Balaban J connectivity index is 2.25. The first-order valence-electron chi connectivity index (χ1n) is 6.53. The topological polar surface area (TPSA) is 46.2 Å². The van der Waals surface area contributed by atoms with Crippen molar-refractivity contribution in [3.63, 3.8) is 0 Å². The number of imide groups is 1. The molecule has 4 heteroatoms. The first kappa shape index (κ1) is 13.7. The maximum absolute atomic E-state index is 12.9. The Labute approximate surface area is 112 Å². The second-order valence-electron chi connectivity index (χ2n) is 5.51. The minimum atomic E-state index is -0.397. The van der Waals surface area contributed by atoms with Crippen LogP contribution in [0.1, 0.15) is 32.3 Å². The van der Waals surface area contributed by atoms with Gasteiger partial charge in [0.05, 0.1) is 0 Å². The van der Waals surface area contributed by atoms with Gasteiger partial charge in [-0.15, -0.1) is 0 Å². The zero-order valence-corrected chi connectivity index (χ0v) is 11.2. The number of halogens is 1. The minimum Gasteiger partial charge on any atom is -0.296 e. The highest BCUT2D eigenvalue weighted by Crippen LogP contribution is 2.39. The van der Waals surface area contributed by atoms with E-state index in [-0.39, 0.29) is 23.5 Å². The van der Waals surface area contributed by atoms with Crippen LogP contribution in [0.4, 0.5) is 4.39 Å². The SMILES string of the molecule is CCC1C(=O)NC(=O)CC1(C)Cc1ccc(F)cc1. The fraction of sp³-hybridized carbons (Fsp3) is 0.467. The third kappa shape index (κ3) is 2.83. The van der Waals surface area contributed by atoms with E-state index in [4.69, 9.17) is 0 Å². The Hall–Kier alpha value is -1.71. The van der Waals surface area contributed by atoms with Gasteiger partial charge in [0.25, 0.3) is 0 Å². The molecule has 1 aromatic rings. The smallest absolute Gasteiger partial charge is 0.230 e. The Morgan fingerprint density at radius 2 is 1.95 bits per heavy atom. The zero-order valence-electron chi connectivity index (χ0n) is 11.2. The van der Waals surface area contributed by atoms with Crippen molar-refractivity contribution < 1.29 is 14.0 Å². The summed E-state index contributed by atoms with van der Waals surface area (Å²) in [5.41, 5.74) is 0.552. The van der Waals surface area contributed by atoms with Gasteiger partial charge in [0.15, 0.2) is 0 Å². The number of rotatable bonds is 3. The minimum absolute atomic E-state index is 0.185. The van der Waals surface area contributed by atoms with Gasteiger partial charge in [0.1, 0.15) is 5.82 Å². The molecule has 1 N–H and O–H groups in total. The highest BCUT2D eigenvalue weighted by molar-refractivity contribution is 5.99. The molecule has 1 aliphatic rings. The second-order valence-corrected chi connectivity index (χ2v) is 5.51. The van der Waals surface area contributed by atoms with Crippen LogP contribution in [0, 0.1) is 17.2 Å². The van der Waals surface area contributed by atoms with Crippen molar-refractivity contribution in [2.45, 2.75) is 33.1 Å². The molecule has 0 saturated carbocycles. The average molecular weight is 263 g/mol. The summed E-state index contributed by atoms with van der Waals surface area (Å²) in [6.07, 6.45) is 1.62. The molecule has 102 valence electrons. The molecule has 1 fully saturated rings. The highest BCUT2D eigenvalue weighted by atomic mass is 19.1. The lowest BCUT2D eigenvalue weighted by Crippen LogP contribution is -2.51. The van der Waals surface area contributed by atoms with Crippen molar-refractivity contribution >= 4 is 11.8 Å². The molecule has 1 saturated heterocycles. The van der Waals surface area contributed by atoms with E-state index in [1.54, 1.807) is 12.1 Å². The fourth-order valence-electron chi connectivity index (χ4n) is 3.01. The summed E-state index contributed by atoms with van der Waals surface area (Å²) in [6, 6.07) is 6.24. The molecule has 3 nitrogen and oxygen atoms in total. The van der Waals surface area contributed by atoms with E-state index in [2.05, 4.69) is 5.32 Å². The van der Waals surface area contributed by atoms with Gasteiger partial charge in [-0.25, -0.2) is 4.39 Å². The number of hydrogen-bond acceptors (Lipinski definition) is 2. The lowest BCUT2D eigenvalue weighted by Gasteiger charge is -2.39. The van der Waals surface area contributed by atoms with Gasteiger partial charge in [-0.1, -0.05) is 26.0 Å². The molecular formula is C15H18FNO2. The van der Waals surface area contributed by atoms with Crippen molar-refractivity contribution in [1.29, 1.82) is 0 Å². The van der Waals surface area contributed by atoms with E-state index in [9.17, 15) is 14.0 Å². The Kier molecular flexibility index (Phi) is 3.69. The number of amides is 2. The summed E-state index contributed by atoms with van der Waals surface area (Å²) >= 11 is 0.